The summed E-state index contributed by atoms with van der Waals surface area (Å²) in [6.45, 7) is 2.25. The molecule has 7 nitrogen and oxygen atoms in total. The molecular weight excluding hydrogens is 440 g/mol. The van der Waals surface area contributed by atoms with E-state index in [2.05, 4.69) is 4.98 Å². The summed E-state index contributed by atoms with van der Waals surface area (Å²) in [5, 5.41) is 0.623. The molecule has 0 saturated carbocycles. The van der Waals surface area contributed by atoms with Crippen LogP contribution >= 0.6 is 11.6 Å². The molecule has 0 unspecified atom stereocenters. The third-order valence-corrected chi connectivity index (χ3v) is 6.71. The molecule has 0 aliphatic carbocycles. The van der Waals surface area contributed by atoms with Crippen molar-refractivity contribution in [2.45, 2.75) is 31.4 Å². The van der Waals surface area contributed by atoms with Crippen LogP contribution in [0.1, 0.15) is 35.2 Å². The quantitative estimate of drug-likeness (QED) is 0.565. The highest BCUT2D eigenvalue weighted by Gasteiger charge is 2.46. The highest BCUT2D eigenvalue weighted by molar-refractivity contribution is 6.30. The maximum atomic E-state index is 13.5. The van der Waals surface area contributed by atoms with Gasteiger partial charge in [0.1, 0.15) is 5.60 Å². The number of hydrogen-bond donors (Lipinski definition) is 0. The van der Waals surface area contributed by atoms with Gasteiger partial charge in [0.2, 0.25) is 0 Å². The van der Waals surface area contributed by atoms with Gasteiger partial charge in [-0.2, -0.15) is 0 Å². The van der Waals surface area contributed by atoms with Gasteiger partial charge in [-0.1, -0.05) is 29.8 Å². The van der Waals surface area contributed by atoms with Gasteiger partial charge in [0.25, 0.3) is 5.91 Å². The first-order chi connectivity index (χ1) is 16.0. The molecule has 33 heavy (non-hydrogen) atoms. The van der Waals surface area contributed by atoms with Crippen LogP contribution in [0.2, 0.25) is 5.02 Å². The average molecular weight is 465 g/mol. The van der Waals surface area contributed by atoms with Crippen molar-refractivity contribution in [1.29, 1.82) is 0 Å². The number of halogens is 1. The van der Waals surface area contributed by atoms with Gasteiger partial charge in [0.15, 0.2) is 0 Å². The lowest BCUT2D eigenvalue weighted by molar-refractivity contribution is 0.0438. The standard InChI is InChI=1S/C25H25ClN4O3/c26-20-6-8-21(9-7-20)30-17-25(33-24(30)32)10-3-13-29(14-11-25)23(31)22-5-2-1-4-19(22)16-28-15-12-27-18-28/h1-2,4-9,12,15,18H,3,10-11,13-14,16-17H2/t25-/m1/s1. The van der Waals surface area contributed by atoms with Crippen molar-refractivity contribution in [1.82, 2.24) is 14.5 Å². The number of hydrogen-bond acceptors (Lipinski definition) is 4. The van der Waals surface area contributed by atoms with Crippen LogP contribution < -0.4 is 4.90 Å². The molecule has 3 aromatic rings. The van der Waals surface area contributed by atoms with Crippen molar-refractivity contribution in [3.63, 3.8) is 0 Å². The molecule has 2 aliphatic rings. The number of aromatic nitrogens is 2. The van der Waals surface area contributed by atoms with Gasteiger partial charge in [-0.15, -0.1) is 0 Å². The maximum absolute atomic E-state index is 13.5. The molecule has 3 heterocycles. The van der Waals surface area contributed by atoms with E-state index in [-0.39, 0.29) is 12.0 Å². The van der Waals surface area contributed by atoms with Gasteiger partial charge in [0.05, 0.1) is 12.9 Å². The Kier molecular flexibility index (Phi) is 5.81. The summed E-state index contributed by atoms with van der Waals surface area (Å²) >= 11 is 5.99. The minimum atomic E-state index is -0.581. The normalized spacial score (nSPS) is 20.7. The van der Waals surface area contributed by atoms with Crippen LogP contribution in [0.5, 0.6) is 0 Å². The fraction of sp³-hybridized carbons (Fsp3) is 0.320. The summed E-state index contributed by atoms with van der Waals surface area (Å²) in [5.41, 5.74) is 1.85. The van der Waals surface area contributed by atoms with E-state index in [9.17, 15) is 9.59 Å². The number of amides is 2. The van der Waals surface area contributed by atoms with Crippen LogP contribution in [-0.2, 0) is 11.3 Å². The van der Waals surface area contributed by atoms with Gasteiger partial charge in [-0.3, -0.25) is 9.69 Å². The Bertz CT molecular complexity index is 1150. The number of carbonyl (C=O) groups is 2. The third-order valence-electron chi connectivity index (χ3n) is 6.45. The van der Waals surface area contributed by atoms with Crippen LogP contribution in [0.4, 0.5) is 10.5 Å². The number of imidazole rings is 1. The van der Waals surface area contributed by atoms with Crippen molar-refractivity contribution in [2.75, 3.05) is 24.5 Å². The molecule has 8 heteroatoms. The topological polar surface area (TPSA) is 67.7 Å². The summed E-state index contributed by atoms with van der Waals surface area (Å²) in [5.74, 6) is 0.0154. The summed E-state index contributed by atoms with van der Waals surface area (Å²) in [6.07, 6.45) is 7.13. The van der Waals surface area contributed by atoms with E-state index in [1.165, 1.54) is 0 Å². The fourth-order valence-corrected chi connectivity index (χ4v) is 4.81. The zero-order valence-corrected chi connectivity index (χ0v) is 18.9. The van der Waals surface area contributed by atoms with Crippen molar-refractivity contribution < 1.29 is 14.3 Å². The first-order valence-corrected chi connectivity index (χ1v) is 11.5. The summed E-state index contributed by atoms with van der Waals surface area (Å²) in [6, 6.07) is 14.9. The minimum Gasteiger partial charge on any atom is -0.441 e. The van der Waals surface area contributed by atoms with Crippen molar-refractivity contribution in [3.05, 3.63) is 83.4 Å². The van der Waals surface area contributed by atoms with Crippen LogP contribution in [-0.4, -0.2) is 51.7 Å². The molecule has 1 aromatic heterocycles. The lowest BCUT2D eigenvalue weighted by atomic mass is 9.95. The Balaban J connectivity index is 1.30. The smallest absolute Gasteiger partial charge is 0.415 e. The van der Waals surface area contributed by atoms with E-state index in [4.69, 9.17) is 16.3 Å². The van der Waals surface area contributed by atoms with E-state index < -0.39 is 5.60 Å². The second-order valence-electron chi connectivity index (χ2n) is 8.65. The highest BCUT2D eigenvalue weighted by atomic mass is 35.5. The number of ether oxygens (including phenoxy) is 1. The predicted molar refractivity (Wildman–Crippen MR) is 126 cm³/mol. The third kappa shape index (κ3) is 4.46. The molecule has 2 amide bonds. The molecule has 2 aromatic carbocycles. The van der Waals surface area contributed by atoms with E-state index in [0.29, 0.717) is 43.2 Å². The molecule has 2 saturated heterocycles. The van der Waals surface area contributed by atoms with Crippen LogP contribution in [0, 0.1) is 0 Å². The lowest BCUT2D eigenvalue weighted by Gasteiger charge is -2.26. The second-order valence-corrected chi connectivity index (χ2v) is 9.09. The van der Waals surface area contributed by atoms with E-state index >= 15 is 0 Å². The molecule has 2 aliphatic heterocycles. The first kappa shape index (κ1) is 21.5. The van der Waals surface area contributed by atoms with Gasteiger partial charge in [-0.05, 0) is 48.7 Å². The monoisotopic (exact) mass is 464 g/mol. The van der Waals surface area contributed by atoms with E-state index in [1.54, 1.807) is 29.6 Å². The van der Waals surface area contributed by atoms with Crippen LogP contribution in [0.15, 0.2) is 67.3 Å². The van der Waals surface area contributed by atoms with Gasteiger partial charge in [-0.25, -0.2) is 9.78 Å². The zero-order chi connectivity index (χ0) is 22.8. The molecule has 170 valence electrons. The number of nitrogens with zero attached hydrogens (tertiary/aromatic N) is 4. The molecule has 2 fully saturated rings. The second kappa shape index (κ2) is 8.90. The van der Waals surface area contributed by atoms with Gasteiger partial charge in [0, 0.05) is 54.7 Å². The summed E-state index contributed by atoms with van der Waals surface area (Å²) in [4.78, 5) is 33.8. The van der Waals surface area contributed by atoms with Crippen molar-refractivity contribution >= 4 is 29.3 Å². The Morgan fingerprint density at radius 1 is 1.09 bits per heavy atom. The number of anilines is 1. The zero-order valence-electron chi connectivity index (χ0n) is 18.2. The maximum Gasteiger partial charge on any atom is 0.415 e. The number of rotatable bonds is 4. The Hall–Kier alpha value is -3.32. The predicted octanol–water partition coefficient (Wildman–Crippen LogP) is 4.61. The van der Waals surface area contributed by atoms with Gasteiger partial charge >= 0.3 is 6.09 Å². The lowest BCUT2D eigenvalue weighted by Crippen LogP contribution is -2.37. The number of carbonyl (C=O) groups excluding carboxylic acids is 2. The molecule has 0 radical (unpaired) electrons. The number of likely N-dealkylation sites (tertiary alicyclic amines) is 1. The Labute approximate surface area is 197 Å². The molecular formula is C25H25ClN4O3. The SMILES string of the molecule is O=C(c1ccccc1Cn1ccnc1)N1CCC[C@@]2(CC1)CN(c1ccc(Cl)cc1)C(=O)O2. The van der Waals surface area contributed by atoms with E-state index in [1.807, 2.05) is 52.1 Å². The molecule has 0 N–H and O–H groups in total. The molecule has 5 rings (SSSR count). The fourth-order valence-electron chi connectivity index (χ4n) is 4.69. The first-order valence-electron chi connectivity index (χ1n) is 11.1. The van der Waals surface area contributed by atoms with Crippen molar-refractivity contribution in [2.24, 2.45) is 0 Å². The molecule has 0 bridgehead atoms. The molecule has 1 atom stereocenters. The van der Waals surface area contributed by atoms with Gasteiger partial charge < -0.3 is 14.2 Å². The summed E-state index contributed by atoms with van der Waals surface area (Å²) < 4.78 is 7.85. The minimum absolute atomic E-state index is 0.0154. The van der Waals surface area contributed by atoms with E-state index in [0.717, 1.165) is 24.1 Å². The largest absolute Gasteiger partial charge is 0.441 e. The van der Waals surface area contributed by atoms with Crippen LogP contribution in [0.25, 0.3) is 0 Å². The Morgan fingerprint density at radius 3 is 2.70 bits per heavy atom. The number of benzene rings is 2. The summed E-state index contributed by atoms with van der Waals surface area (Å²) in [7, 11) is 0. The Morgan fingerprint density at radius 2 is 1.91 bits per heavy atom. The van der Waals surface area contributed by atoms with Crippen LogP contribution in [0.3, 0.4) is 0 Å². The van der Waals surface area contributed by atoms with Crippen molar-refractivity contribution in [3.8, 4) is 0 Å². The molecule has 1 spiro atoms. The highest BCUT2D eigenvalue weighted by Crippen LogP contribution is 2.36. The average Bonchev–Trinajstić information content (AvgIpc) is 3.38.